The molecule has 1 N–H and O–H groups in total. The van der Waals surface area contributed by atoms with Crippen LogP contribution in [0.15, 0.2) is 5.51 Å². The van der Waals surface area contributed by atoms with Gasteiger partial charge in [0.25, 0.3) is 0 Å². The third kappa shape index (κ3) is 2.01. The zero-order valence-corrected chi connectivity index (χ0v) is 8.03. The lowest BCUT2D eigenvalue weighted by atomic mass is 10.1. The largest absolute Gasteiger partial charge is 0.314 e. The van der Waals surface area contributed by atoms with Crippen LogP contribution in [0.5, 0.6) is 0 Å². The smallest absolute Gasteiger partial charge is 0.0798 e. The van der Waals surface area contributed by atoms with Crippen molar-refractivity contribution < 1.29 is 0 Å². The molecule has 0 aliphatic carbocycles. The minimum Gasteiger partial charge on any atom is -0.314 e. The van der Waals surface area contributed by atoms with Gasteiger partial charge >= 0.3 is 0 Å². The fourth-order valence-corrected chi connectivity index (χ4v) is 1.87. The summed E-state index contributed by atoms with van der Waals surface area (Å²) in [6, 6.07) is 0. The van der Waals surface area contributed by atoms with Crippen LogP contribution in [0.2, 0.25) is 0 Å². The van der Waals surface area contributed by atoms with Crippen LogP contribution < -0.4 is 5.32 Å². The van der Waals surface area contributed by atoms with E-state index in [4.69, 9.17) is 0 Å². The topological polar surface area (TPSA) is 24.9 Å². The van der Waals surface area contributed by atoms with Gasteiger partial charge in [0.05, 0.1) is 11.2 Å². The Morgan fingerprint density at radius 3 is 2.91 bits per heavy atom. The minimum absolute atomic E-state index is 0.603. The minimum atomic E-state index is 0.603. The van der Waals surface area contributed by atoms with E-state index in [9.17, 15) is 0 Å². The molecule has 11 heavy (non-hydrogen) atoms. The Balaban J connectivity index is 2.78. The molecule has 0 aliphatic rings. The summed E-state index contributed by atoms with van der Waals surface area (Å²) in [5.41, 5.74) is 3.12. The van der Waals surface area contributed by atoms with Gasteiger partial charge in [0.1, 0.15) is 0 Å². The average molecular weight is 170 g/mol. The third-order valence-electron chi connectivity index (χ3n) is 1.54. The molecule has 1 aromatic heterocycles. The summed E-state index contributed by atoms with van der Waals surface area (Å²) in [5, 5.41) is 3.11. The summed E-state index contributed by atoms with van der Waals surface area (Å²) >= 11 is 1.75. The maximum atomic E-state index is 4.28. The van der Waals surface area contributed by atoms with E-state index in [2.05, 4.69) is 24.1 Å². The van der Waals surface area contributed by atoms with Crippen molar-refractivity contribution in [2.45, 2.75) is 26.3 Å². The molecular weight excluding hydrogens is 156 g/mol. The summed E-state index contributed by atoms with van der Waals surface area (Å²) in [5.74, 6) is 0.603. The van der Waals surface area contributed by atoms with E-state index in [-0.39, 0.29) is 0 Å². The van der Waals surface area contributed by atoms with Crippen LogP contribution in [-0.4, -0.2) is 12.0 Å². The van der Waals surface area contributed by atoms with Gasteiger partial charge in [0.15, 0.2) is 0 Å². The molecule has 0 atom stereocenters. The molecule has 0 saturated heterocycles. The molecule has 62 valence electrons. The normalized spacial score (nSPS) is 10.9. The van der Waals surface area contributed by atoms with E-state index >= 15 is 0 Å². The van der Waals surface area contributed by atoms with Crippen molar-refractivity contribution in [3.8, 4) is 0 Å². The van der Waals surface area contributed by atoms with Crippen LogP contribution in [-0.2, 0) is 6.54 Å². The molecule has 3 heteroatoms. The van der Waals surface area contributed by atoms with Crippen molar-refractivity contribution in [1.29, 1.82) is 0 Å². The highest BCUT2D eigenvalue weighted by Crippen LogP contribution is 2.22. The molecule has 0 spiro atoms. The summed E-state index contributed by atoms with van der Waals surface area (Å²) in [4.78, 5) is 5.69. The van der Waals surface area contributed by atoms with E-state index in [1.807, 2.05) is 12.6 Å². The third-order valence-corrected chi connectivity index (χ3v) is 2.71. The van der Waals surface area contributed by atoms with Crippen molar-refractivity contribution >= 4 is 11.3 Å². The number of hydrogen-bond acceptors (Lipinski definition) is 3. The first-order valence-corrected chi connectivity index (χ1v) is 4.70. The number of nitrogens with one attached hydrogen (secondary N) is 1. The molecule has 0 radical (unpaired) electrons. The van der Waals surface area contributed by atoms with Crippen molar-refractivity contribution in [3.05, 3.63) is 16.1 Å². The molecule has 1 aromatic rings. The highest BCUT2D eigenvalue weighted by molar-refractivity contribution is 7.09. The molecular formula is C8H14N2S. The zero-order valence-electron chi connectivity index (χ0n) is 7.22. The molecule has 0 aliphatic heterocycles. The SMILES string of the molecule is CNCc1ncsc1C(C)C. The van der Waals surface area contributed by atoms with Gasteiger partial charge in [-0.15, -0.1) is 11.3 Å². The lowest BCUT2D eigenvalue weighted by molar-refractivity contribution is 0.766. The molecule has 2 nitrogen and oxygen atoms in total. The van der Waals surface area contributed by atoms with Crippen molar-refractivity contribution in [3.63, 3.8) is 0 Å². The Hall–Kier alpha value is -0.410. The summed E-state index contributed by atoms with van der Waals surface area (Å²) in [7, 11) is 1.95. The molecule has 0 unspecified atom stereocenters. The number of rotatable bonds is 3. The van der Waals surface area contributed by atoms with Gasteiger partial charge in [-0.05, 0) is 13.0 Å². The Morgan fingerprint density at radius 1 is 1.64 bits per heavy atom. The number of aromatic nitrogens is 1. The van der Waals surface area contributed by atoms with Crippen molar-refractivity contribution in [2.75, 3.05) is 7.05 Å². The van der Waals surface area contributed by atoms with Gasteiger partial charge in [-0.3, -0.25) is 0 Å². The Bertz CT molecular complexity index is 218. The summed E-state index contributed by atoms with van der Waals surface area (Å²) in [6.07, 6.45) is 0. The number of thiazole rings is 1. The first-order chi connectivity index (χ1) is 5.25. The standard InChI is InChI=1S/C8H14N2S/c1-6(2)8-7(4-9-3)10-5-11-8/h5-6,9H,4H2,1-3H3. The second-order valence-electron chi connectivity index (χ2n) is 2.85. The molecule has 0 amide bonds. The Labute approximate surface area is 71.7 Å². The first kappa shape index (κ1) is 8.68. The van der Waals surface area contributed by atoms with E-state index in [1.54, 1.807) is 11.3 Å². The van der Waals surface area contributed by atoms with Crippen LogP contribution in [0.1, 0.15) is 30.3 Å². The summed E-state index contributed by atoms with van der Waals surface area (Å²) in [6.45, 7) is 5.29. The molecule has 1 rings (SSSR count). The van der Waals surface area contributed by atoms with Gasteiger partial charge in [0.2, 0.25) is 0 Å². The van der Waals surface area contributed by atoms with Crippen LogP contribution in [0.3, 0.4) is 0 Å². The van der Waals surface area contributed by atoms with E-state index in [0.29, 0.717) is 5.92 Å². The Morgan fingerprint density at radius 2 is 2.36 bits per heavy atom. The molecule has 0 fully saturated rings. The molecule has 1 heterocycles. The maximum absolute atomic E-state index is 4.28. The van der Waals surface area contributed by atoms with Crippen LogP contribution in [0.4, 0.5) is 0 Å². The van der Waals surface area contributed by atoms with Gasteiger partial charge in [-0.25, -0.2) is 4.98 Å². The Kier molecular flexibility index (Phi) is 3.02. The van der Waals surface area contributed by atoms with Gasteiger partial charge < -0.3 is 5.32 Å². The van der Waals surface area contributed by atoms with E-state index in [1.165, 1.54) is 10.6 Å². The van der Waals surface area contributed by atoms with Gasteiger partial charge in [0, 0.05) is 11.4 Å². The monoisotopic (exact) mass is 170 g/mol. The summed E-state index contributed by atoms with van der Waals surface area (Å²) < 4.78 is 0. The lowest BCUT2D eigenvalue weighted by Gasteiger charge is -2.03. The molecule has 0 saturated carbocycles. The second kappa shape index (κ2) is 3.83. The van der Waals surface area contributed by atoms with Gasteiger partial charge in [-0.2, -0.15) is 0 Å². The maximum Gasteiger partial charge on any atom is 0.0798 e. The first-order valence-electron chi connectivity index (χ1n) is 3.82. The fraction of sp³-hybridized carbons (Fsp3) is 0.625. The number of nitrogens with zero attached hydrogens (tertiary/aromatic N) is 1. The van der Waals surface area contributed by atoms with Crippen molar-refractivity contribution in [2.24, 2.45) is 0 Å². The lowest BCUT2D eigenvalue weighted by Crippen LogP contribution is -2.07. The predicted octanol–water partition coefficient (Wildman–Crippen LogP) is 1.99. The second-order valence-corrected chi connectivity index (χ2v) is 3.73. The van der Waals surface area contributed by atoms with Crippen LogP contribution in [0, 0.1) is 0 Å². The fourth-order valence-electron chi connectivity index (χ4n) is 1.05. The highest BCUT2D eigenvalue weighted by atomic mass is 32.1. The van der Waals surface area contributed by atoms with Crippen LogP contribution >= 0.6 is 11.3 Å². The highest BCUT2D eigenvalue weighted by Gasteiger charge is 2.07. The van der Waals surface area contributed by atoms with Crippen LogP contribution in [0.25, 0.3) is 0 Å². The quantitative estimate of drug-likeness (QED) is 0.750. The van der Waals surface area contributed by atoms with Gasteiger partial charge in [-0.1, -0.05) is 13.8 Å². The average Bonchev–Trinajstić information content (AvgIpc) is 2.36. The molecule has 0 bridgehead atoms. The van der Waals surface area contributed by atoms with Crippen molar-refractivity contribution in [1.82, 2.24) is 10.3 Å². The number of hydrogen-bond donors (Lipinski definition) is 1. The molecule has 0 aromatic carbocycles. The van der Waals surface area contributed by atoms with E-state index < -0.39 is 0 Å². The predicted molar refractivity (Wildman–Crippen MR) is 49.0 cm³/mol. The van der Waals surface area contributed by atoms with E-state index in [0.717, 1.165) is 6.54 Å². The zero-order chi connectivity index (χ0) is 8.27.